The van der Waals surface area contributed by atoms with Crippen molar-refractivity contribution < 1.29 is 9.26 Å². The molecule has 2 aromatic heterocycles. The monoisotopic (exact) mass is 311 g/mol. The second kappa shape index (κ2) is 5.42. The van der Waals surface area contributed by atoms with Crippen molar-refractivity contribution in [1.82, 2.24) is 15.0 Å². The Kier molecular flexibility index (Phi) is 3.23. The Labute approximate surface area is 135 Å². The van der Waals surface area contributed by atoms with Crippen LogP contribution in [-0.2, 0) is 11.3 Å². The van der Waals surface area contributed by atoms with Crippen LogP contribution < -0.4 is 0 Å². The Morgan fingerprint density at radius 3 is 3.09 bits per heavy atom. The summed E-state index contributed by atoms with van der Waals surface area (Å²) in [7, 11) is 0. The standard InChI is InChI=1S/C18H21N3O2/c1-2-12(6-19-3-1)18-5-15(23-20-18)8-21-7-13-4-14-10-22-11-17(14)16(13)9-21/h1-3,5-6,13-14,16-17H,4,7-11H2/t13-,14+,16+,17-/m0/s1. The fourth-order valence-corrected chi connectivity index (χ4v) is 4.83. The van der Waals surface area contributed by atoms with E-state index in [-0.39, 0.29) is 0 Å². The van der Waals surface area contributed by atoms with Crippen LogP contribution in [0.25, 0.3) is 11.3 Å². The molecular formula is C18H21N3O2. The second-order valence-electron chi connectivity index (χ2n) is 7.24. The summed E-state index contributed by atoms with van der Waals surface area (Å²) < 4.78 is 11.2. The molecule has 0 spiro atoms. The Bertz CT molecular complexity index is 687. The summed E-state index contributed by atoms with van der Waals surface area (Å²) >= 11 is 0. The van der Waals surface area contributed by atoms with Crippen LogP contribution in [0.5, 0.6) is 0 Å². The van der Waals surface area contributed by atoms with Gasteiger partial charge in [0.2, 0.25) is 0 Å². The highest BCUT2D eigenvalue weighted by Gasteiger charge is 2.50. The predicted octanol–water partition coefficient (Wildman–Crippen LogP) is 2.45. The summed E-state index contributed by atoms with van der Waals surface area (Å²) in [5.74, 6) is 4.25. The van der Waals surface area contributed by atoms with Crippen molar-refractivity contribution in [1.29, 1.82) is 0 Å². The van der Waals surface area contributed by atoms with Gasteiger partial charge in [-0.1, -0.05) is 5.16 Å². The van der Waals surface area contributed by atoms with Gasteiger partial charge in [-0.25, -0.2) is 0 Å². The van der Waals surface area contributed by atoms with Gasteiger partial charge in [-0.3, -0.25) is 9.88 Å². The van der Waals surface area contributed by atoms with Crippen LogP contribution in [0.3, 0.4) is 0 Å². The van der Waals surface area contributed by atoms with Gasteiger partial charge in [0.25, 0.3) is 0 Å². The predicted molar refractivity (Wildman–Crippen MR) is 84.4 cm³/mol. The van der Waals surface area contributed by atoms with Crippen molar-refractivity contribution in [2.24, 2.45) is 23.7 Å². The summed E-state index contributed by atoms with van der Waals surface area (Å²) in [4.78, 5) is 6.66. The molecule has 4 heterocycles. The smallest absolute Gasteiger partial charge is 0.151 e. The normalized spacial score (nSPS) is 33.0. The van der Waals surface area contributed by atoms with Crippen LogP contribution in [0, 0.1) is 23.7 Å². The molecule has 2 aromatic rings. The van der Waals surface area contributed by atoms with Crippen LogP contribution >= 0.6 is 0 Å². The highest BCUT2D eigenvalue weighted by Crippen LogP contribution is 2.48. The third-order valence-corrected chi connectivity index (χ3v) is 5.87. The fourth-order valence-electron chi connectivity index (χ4n) is 4.83. The Morgan fingerprint density at radius 1 is 1.17 bits per heavy atom. The molecule has 120 valence electrons. The number of pyridine rings is 1. The van der Waals surface area contributed by atoms with Crippen molar-refractivity contribution in [2.45, 2.75) is 13.0 Å². The largest absolute Gasteiger partial charge is 0.381 e. The third-order valence-electron chi connectivity index (χ3n) is 5.87. The molecule has 0 unspecified atom stereocenters. The Morgan fingerprint density at radius 2 is 2.17 bits per heavy atom. The van der Waals surface area contributed by atoms with Crippen molar-refractivity contribution in [3.05, 3.63) is 36.4 Å². The van der Waals surface area contributed by atoms with Gasteiger partial charge in [0.15, 0.2) is 5.76 Å². The average molecular weight is 311 g/mol. The highest BCUT2D eigenvalue weighted by atomic mass is 16.5. The van der Waals surface area contributed by atoms with Gasteiger partial charge in [-0.2, -0.15) is 0 Å². The second-order valence-corrected chi connectivity index (χ2v) is 7.24. The summed E-state index contributed by atoms with van der Waals surface area (Å²) in [6.07, 6.45) is 4.94. The number of fused-ring (bicyclic) bond motifs is 3. The minimum Gasteiger partial charge on any atom is -0.381 e. The molecule has 4 atom stereocenters. The topological polar surface area (TPSA) is 51.4 Å². The van der Waals surface area contributed by atoms with Gasteiger partial charge < -0.3 is 9.26 Å². The van der Waals surface area contributed by atoms with Gasteiger partial charge in [0.1, 0.15) is 5.69 Å². The minimum atomic E-state index is 0.797. The van der Waals surface area contributed by atoms with Crippen molar-refractivity contribution in [3.8, 4) is 11.3 Å². The van der Waals surface area contributed by atoms with Gasteiger partial charge in [0.05, 0.1) is 13.2 Å². The van der Waals surface area contributed by atoms with E-state index < -0.39 is 0 Å². The first kappa shape index (κ1) is 13.7. The van der Waals surface area contributed by atoms with E-state index in [2.05, 4.69) is 15.0 Å². The molecule has 3 fully saturated rings. The lowest BCUT2D eigenvalue weighted by Crippen LogP contribution is -2.24. The first-order valence-corrected chi connectivity index (χ1v) is 8.53. The van der Waals surface area contributed by atoms with E-state index in [4.69, 9.17) is 9.26 Å². The van der Waals surface area contributed by atoms with E-state index in [0.717, 1.165) is 60.4 Å². The molecule has 1 aliphatic carbocycles. The summed E-state index contributed by atoms with van der Waals surface area (Å²) in [6, 6.07) is 5.98. The highest BCUT2D eigenvalue weighted by molar-refractivity contribution is 5.57. The van der Waals surface area contributed by atoms with Gasteiger partial charge in [-0.05, 0) is 42.2 Å². The van der Waals surface area contributed by atoms with Crippen LogP contribution in [0.1, 0.15) is 12.2 Å². The number of likely N-dealkylation sites (tertiary alicyclic amines) is 1. The quantitative estimate of drug-likeness (QED) is 0.871. The maximum atomic E-state index is 5.67. The van der Waals surface area contributed by atoms with Crippen LogP contribution in [-0.4, -0.2) is 41.3 Å². The minimum absolute atomic E-state index is 0.797. The molecule has 0 aromatic carbocycles. The lowest BCUT2D eigenvalue weighted by Gasteiger charge is -2.18. The van der Waals surface area contributed by atoms with Gasteiger partial charge >= 0.3 is 0 Å². The number of hydrogen-bond donors (Lipinski definition) is 0. The summed E-state index contributed by atoms with van der Waals surface area (Å²) in [5, 5.41) is 4.19. The van der Waals surface area contributed by atoms with Crippen LogP contribution in [0.2, 0.25) is 0 Å². The first-order chi connectivity index (χ1) is 11.4. The van der Waals surface area contributed by atoms with Gasteiger partial charge in [-0.15, -0.1) is 0 Å². The molecule has 0 N–H and O–H groups in total. The number of aromatic nitrogens is 2. The van der Waals surface area contributed by atoms with E-state index in [9.17, 15) is 0 Å². The number of rotatable bonds is 3. The zero-order valence-electron chi connectivity index (χ0n) is 13.1. The zero-order chi connectivity index (χ0) is 15.2. The zero-order valence-corrected chi connectivity index (χ0v) is 13.1. The van der Waals surface area contributed by atoms with E-state index >= 15 is 0 Å². The molecule has 5 nitrogen and oxygen atoms in total. The number of hydrogen-bond acceptors (Lipinski definition) is 5. The SMILES string of the molecule is c1cncc(-c2cc(CN3C[C@@H]4C[C@@H]5COC[C@@H]5[C@@H]4C3)on2)c1. The molecule has 5 heteroatoms. The van der Waals surface area contributed by atoms with Crippen molar-refractivity contribution in [2.75, 3.05) is 26.3 Å². The molecule has 1 saturated carbocycles. The Balaban J connectivity index is 1.26. The van der Waals surface area contributed by atoms with E-state index in [1.807, 2.05) is 24.4 Å². The molecule has 0 bridgehead atoms. The molecule has 2 saturated heterocycles. The molecule has 0 amide bonds. The van der Waals surface area contributed by atoms with Gasteiger partial charge in [0, 0.05) is 43.7 Å². The molecule has 3 aliphatic rings. The number of ether oxygens (including phenoxy) is 1. The van der Waals surface area contributed by atoms with Crippen molar-refractivity contribution >= 4 is 0 Å². The third kappa shape index (κ3) is 2.39. The summed E-state index contributed by atoms with van der Waals surface area (Å²) in [6.45, 7) is 5.21. The average Bonchev–Trinajstić information content (AvgIpc) is 3.30. The number of nitrogens with zero attached hydrogens (tertiary/aromatic N) is 3. The molecular weight excluding hydrogens is 290 g/mol. The fraction of sp³-hybridized carbons (Fsp3) is 0.556. The molecule has 2 aliphatic heterocycles. The molecule has 0 radical (unpaired) electrons. The first-order valence-electron chi connectivity index (χ1n) is 8.53. The molecule has 5 rings (SSSR count). The van der Waals surface area contributed by atoms with E-state index in [0.29, 0.717) is 0 Å². The van der Waals surface area contributed by atoms with E-state index in [1.165, 1.54) is 19.5 Å². The molecule has 23 heavy (non-hydrogen) atoms. The maximum absolute atomic E-state index is 5.67. The van der Waals surface area contributed by atoms with Crippen molar-refractivity contribution in [3.63, 3.8) is 0 Å². The Hall–Kier alpha value is -1.72. The van der Waals surface area contributed by atoms with Crippen LogP contribution in [0.15, 0.2) is 35.1 Å². The summed E-state index contributed by atoms with van der Waals surface area (Å²) in [5.41, 5.74) is 1.88. The lowest BCUT2D eigenvalue weighted by molar-refractivity contribution is 0.158. The van der Waals surface area contributed by atoms with E-state index in [1.54, 1.807) is 6.20 Å². The van der Waals surface area contributed by atoms with Crippen LogP contribution in [0.4, 0.5) is 0 Å². The lowest BCUT2D eigenvalue weighted by atomic mass is 9.91. The maximum Gasteiger partial charge on any atom is 0.151 e.